The highest BCUT2D eigenvalue weighted by Gasteiger charge is 2.44. The third-order valence-corrected chi connectivity index (χ3v) is 17.9. The molecule has 4 amide bonds. The standard InChI is InChI=1S/C58H72N12O9S/c1-33-34(2)67-68-51(33)66-52-42-26-47(80(75,76)58(7,8)9)46(27-44(42)60-31-63-52)77-30-36-20-22-69(23-21-36)48-28-49(62-32-61-48)79-40-19-18-38-25-45(54(72)64-43-17-13-15-37-14-11-12-16-41(37)43)70(29-39(38)24-40)55(73)50(57(4,5)6)65-53(71)35(3)78-56(74)59-10/h11-12,14,16,18-19,24,26-28,31-32,35-36,43,45,50H,13,15,17,20-23,25,29-30H2,1-10H3,(H,59,74)(H,64,72)(H,65,71)(H2,60,63,66,67,68)/t35-,43+,45-,50+/m0/s1. The van der Waals surface area contributed by atoms with Crippen LogP contribution in [0.4, 0.5) is 22.2 Å². The van der Waals surface area contributed by atoms with Gasteiger partial charge in [0.1, 0.15) is 52.8 Å². The molecule has 6 aromatic rings. The predicted molar refractivity (Wildman–Crippen MR) is 301 cm³/mol. The molecule has 424 valence electrons. The Morgan fingerprint density at radius 3 is 2.33 bits per heavy atom. The van der Waals surface area contributed by atoms with Crippen LogP contribution >= 0.6 is 0 Å². The molecule has 80 heavy (non-hydrogen) atoms. The summed E-state index contributed by atoms with van der Waals surface area (Å²) in [6.45, 7) is 17.4. The molecule has 0 spiro atoms. The van der Waals surface area contributed by atoms with Crippen molar-refractivity contribution in [3.8, 4) is 17.4 Å². The van der Waals surface area contributed by atoms with Gasteiger partial charge in [0.2, 0.25) is 17.7 Å². The van der Waals surface area contributed by atoms with Gasteiger partial charge >= 0.3 is 6.09 Å². The number of hydrogen-bond donors (Lipinski definition) is 5. The van der Waals surface area contributed by atoms with Gasteiger partial charge in [-0.2, -0.15) is 5.10 Å². The van der Waals surface area contributed by atoms with E-state index in [0.717, 1.165) is 60.1 Å². The first-order valence-corrected chi connectivity index (χ1v) is 28.7. The SMILES string of the molecule is CNC(=O)O[C@@H](C)C(=O)N[C@H](C(=O)N1Cc2cc(Oc3cc(N4CCC(COc5cc6ncnc(Nc7n[nH]c(C)c7C)c6cc5S(=O)(=O)C(C)(C)C)CC4)ncn3)ccc2C[C@H]1C(=O)N[C@@H]1CCCc2ccccc21)C(C)(C)C. The van der Waals surface area contributed by atoms with E-state index >= 15 is 0 Å². The van der Waals surface area contributed by atoms with E-state index < -0.39 is 56.1 Å². The van der Waals surface area contributed by atoms with Crippen LogP contribution in [0.3, 0.4) is 0 Å². The Labute approximate surface area is 466 Å². The van der Waals surface area contributed by atoms with E-state index in [1.165, 1.54) is 37.1 Å². The maximum atomic E-state index is 15.0. The van der Waals surface area contributed by atoms with Gasteiger partial charge in [0.15, 0.2) is 21.8 Å². The number of aryl methyl sites for hydroxylation is 2. The Morgan fingerprint density at radius 1 is 0.863 bits per heavy atom. The number of piperidine rings is 1. The lowest BCUT2D eigenvalue weighted by molar-refractivity contribution is -0.148. The van der Waals surface area contributed by atoms with Crippen molar-refractivity contribution in [3.63, 3.8) is 0 Å². The van der Waals surface area contributed by atoms with Crippen LogP contribution in [-0.2, 0) is 48.3 Å². The molecule has 3 aliphatic rings. The van der Waals surface area contributed by atoms with Crippen LogP contribution in [0, 0.1) is 25.2 Å². The number of amides is 4. The largest absolute Gasteiger partial charge is 0.492 e. The summed E-state index contributed by atoms with van der Waals surface area (Å²) < 4.78 is 45.2. The van der Waals surface area contributed by atoms with Gasteiger partial charge in [-0.25, -0.2) is 33.1 Å². The van der Waals surface area contributed by atoms with Crippen molar-refractivity contribution in [3.05, 3.63) is 107 Å². The van der Waals surface area contributed by atoms with Crippen molar-refractivity contribution in [1.29, 1.82) is 0 Å². The van der Waals surface area contributed by atoms with Crippen molar-refractivity contribution >= 4 is 62.0 Å². The second-order valence-electron chi connectivity index (χ2n) is 23.0. The van der Waals surface area contributed by atoms with E-state index in [2.05, 4.69) is 62.4 Å². The Balaban J connectivity index is 0.892. The van der Waals surface area contributed by atoms with Gasteiger partial charge in [-0.15, -0.1) is 0 Å². The van der Waals surface area contributed by atoms with Crippen LogP contribution in [0.5, 0.6) is 17.4 Å². The molecule has 4 atom stereocenters. The number of fused-ring (bicyclic) bond motifs is 3. The number of aromatic nitrogens is 6. The zero-order valence-corrected chi connectivity index (χ0v) is 47.9. The number of nitrogens with zero attached hydrogens (tertiary/aromatic N) is 7. The number of ether oxygens (including phenoxy) is 3. The lowest BCUT2D eigenvalue weighted by Gasteiger charge is -2.41. The van der Waals surface area contributed by atoms with E-state index in [0.29, 0.717) is 53.1 Å². The summed E-state index contributed by atoms with van der Waals surface area (Å²) in [7, 11) is -2.50. The zero-order chi connectivity index (χ0) is 57.3. The second-order valence-corrected chi connectivity index (χ2v) is 25.7. The molecule has 22 heteroatoms. The van der Waals surface area contributed by atoms with Crippen LogP contribution in [0.1, 0.15) is 114 Å². The third kappa shape index (κ3) is 12.3. The average Bonchev–Trinajstić information content (AvgIpc) is 3.76. The Hall–Kier alpha value is -7.88. The molecule has 21 nitrogen and oxygen atoms in total. The molecule has 1 aliphatic carbocycles. The van der Waals surface area contributed by atoms with E-state index in [1.54, 1.807) is 39.0 Å². The van der Waals surface area contributed by atoms with Crippen LogP contribution < -0.4 is 35.6 Å². The number of aromatic amines is 1. The highest BCUT2D eigenvalue weighted by Crippen LogP contribution is 2.39. The highest BCUT2D eigenvalue weighted by molar-refractivity contribution is 7.92. The number of benzene rings is 3. The Kier molecular flexibility index (Phi) is 16.4. The molecule has 9 rings (SSSR count). The molecule has 3 aromatic carbocycles. The number of sulfone groups is 1. The summed E-state index contributed by atoms with van der Waals surface area (Å²) in [6.07, 6.45) is 5.16. The summed E-state index contributed by atoms with van der Waals surface area (Å²) >= 11 is 0. The summed E-state index contributed by atoms with van der Waals surface area (Å²) in [4.78, 5) is 76.8. The van der Waals surface area contributed by atoms with Crippen LogP contribution in [0.25, 0.3) is 10.9 Å². The minimum atomic E-state index is -3.88. The summed E-state index contributed by atoms with van der Waals surface area (Å²) in [5.74, 6) is 1.36. The number of carbonyl (C=O) groups excluding carboxylic acids is 4. The van der Waals surface area contributed by atoms with E-state index in [-0.39, 0.29) is 48.1 Å². The average molecular weight is 1110 g/mol. The normalized spacial score (nSPS) is 17.6. The summed E-state index contributed by atoms with van der Waals surface area (Å²) in [5.41, 5.74) is 5.38. The van der Waals surface area contributed by atoms with E-state index in [1.807, 2.05) is 71.0 Å². The van der Waals surface area contributed by atoms with Gasteiger partial charge in [0.05, 0.1) is 22.9 Å². The second kappa shape index (κ2) is 23.1. The molecular weight excluding hydrogens is 1040 g/mol. The fourth-order valence-electron chi connectivity index (χ4n) is 10.4. The van der Waals surface area contributed by atoms with Gasteiger partial charge in [-0.3, -0.25) is 19.5 Å². The smallest absolute Gasteiger partial charge is 0.407 e. The number of carbonyl (C=O) groups is 4. The number of nitrogens with one attached hydrogen (secondary N) is 5. The minimum Gasteiger partial charge on any atom is -0.492 e. The van der Waals surface area contributed by atoms with Gasteiger partial charge in [0, 0.05) is 61.9 Å². The molecule has 0 saturated carbocycles. The molecule has 1 saturated heterocycles. The Bertz CT molecular complexity index is 3420. The molecule has 3 aromatic heterocycles. The summed E-state index contributed by atoms with van der Waals surface area (Å²) in [6, 6.07) is 16.5. The lowest BCUT2D eigenvalue weighted by Crippen LogP contribution is -2.61. The molecule has 0 bridgehead atoms. The Morgan fingerprint density at radius 2 is 1.61 bits per heavy atom. The first kappa shape index (κ1) is 56.8. The fourth-order valence-corrected chi connectivity index (χ4v) is 11.7. The number of anilines is 3. The van der Waals surface area contributed by atoms with Crippen LogP contribution in [0.2, 0.25) is 0 Å². The number of alkyl carbamates (subject to hydrolysis) is 1. The van der Waals surface area contributed by atoms with Crippen LogP contribution in [0.15, 0.2) is 78.2 Å². The quantitative estimate of drug-likeness (QED) is 0.0654. The van der Waals surface area contributed by atoms with Gasteiger partial charge in [0.25, 0.3) is 5.91 Å². The van der Waals surface area contributed by atoms with Gasteiger partial charge in [-0.05, 0) is 125 Å². The van der Waals surface area contributed by atoms with Gasteiger partial charge < -0.3 is 45.3 Å². The maximum absolute atomic E-state index is 15.0. The number of rotatable bonds is 15. The molecule has 2 aliphatic heterocycles. The first-order chi connectivity index (χ1) is 38.0. The molecule has 5 heterocycles. The topological polar surface area (TPSA) is 265 Å². The monoisotopic (exact) mass is 1110 g/mol. The maximum Gasteiger partial charge on any atom is 0.407 e. The molecule has 1 fully saturated rings. The van der Waals surface area contributed by atoms with Gasteiger partial charge in [-0.1, -0.05) is 51.1 Å². The minimum absolute atomic E-state index is 0.0403. The van der Waals surface area contributed by atoms with Crippen molar-refractivity contribution in [2.75, 3.05) is 37.0 Å². The van der Waals surface area contributed by atoms with Crippen LogP contribution in [-0.4, -0.2) is 117 Å². The van der Waals surface area contributed by atoms with Crippen molar-refractivity contribution in [2.24, 2.45) is 11.3 Å². The van der Waals surface area contributed by atoms with Crippen molar-refractivity contribution < 1.29 is 41.8 Å². The third-order valence-electron chi connectivity index (χ3n) is 15.4. The van der Waals surface area contributed by atoms with Crippen molar-refractivity contribution in [1.82, 2.24) is 51.0 Å². The molecule has 0 radical (unpaired) electrons. The summed E-state index contributed by atoms with van der Waals surface area (Å²) in [5, 5.41) is 19.5. The molecule has 0 unspecified atom stereocenters. The lowest BCUT2D eigenvalue weighted by atomic mass is 9.83. The van der Waals surface area contributed by atoms with E-state index in [4.69, 9.17) is 14.2 Å². The molecular formula is C58H72N12O9S. The number of H-pyrrole nitrogens is 1. The zero-order valence-electron chi connectivity index (χ0n) is 47.1. The predicted octanol–water partition coefficient (Wildman–Crippen LogP) is 7.89. The molecule has 5 N–H and O–H groups in total. The fraction of sp³-hybridized carbons (Fsp3) is 0.466. The van der Waals surface area contributed by atoms with E-state index in [9.17, 15) is 27.6 Å². The highest BCUT2D eigenvalue weighted by atomic mass is 32.2. The first-order valence-electron chi connectivity index (χ1n) is 27.2. The van der Waals surface area contributed by atoms with Crippen molar-refractivity contribution in [2.45, 2.75) is 141 Å². The number of hydrogen-bond acceptors (Lipinski definition) is 16.